The molecular weight excluding hydrogens is 327 g/mol. The normalized spacial score (nSPS) is 22.7. The summed E-state index contributed by atoms with van der Waals surface area (Å²) in [4.78, 5) is 10.9. The van der Waals surface area contributed by atoms with E-state index in [0.717, 1.165) is 43.3 Å². The number of hydrogen-bond donors (Lipinski definition) is 3. The van der Waals surface area contributed by atoms with Crippen molar-refractivity contribution in [2.75, 3.05) is 42.7 Å². The fourth-order valence-electron chi connectivity index (χ4n) is 2.73. The maximum absolute atomic E-state index is 5.89. The molecule has 1 fully saturated rings. The summed E-state index contributed by atoms with van der Waals surface area (Å²) in [7, 11) is 1.99. The molecule has 0 aromatic carbocycles. The highest BCUT2D eigenvalue weighted by Gasteiger charge is 2.30. The monoisotopic (exact) mass is 350 g/mol. The first-order chi connectivity index (χ1) is 9.71. The van der Waals surface area contributed by atoms with Gasteiger partial charge in [0, 0.05) is 19.1 Å². The summed E-state index contributed by atoms with van der Waals surface area (Å²) in [5.74, 6) is 2.56. The molecule has 0 saturated carbocycles. The zero-order valence-electron chi connectivity index (χ0n) is 12.8. The first-order valence-corrected chi connectivity index (χ1v) is 7.20. The lowest BCUT2D eigenvalue weighted by Gasteiger charge is -2.29. The lowest BCUT2D eigenvalue weighted by atomic mass is 10.2. The number of anilines is 3. The van der Waals surface area contributed by atoms with Crippen LogP contribution in [0, 0.1) is 0 Å². The number of nitrogens with two attached hydrogens (primary N) is 1. The van der Waals surface area contributed by atoms with Crippen molar-refractivity contribution in [2.24, 2.45) is 0 Å². The maximum atomic E-state index is 5.89. The Balaban J connectivity index is 0.00000121. The molecule has 3 heterocycles. The standard InChI is InChI=1S/C13H22N6O.2ClH/c1-3-8-7-20-10-11(16-8)17-13(14)18-12(10)19-5-4-9(6-19)15-2;;/h8-9,15H,3-7H2,1-2H3,(H3,14,16,17,18);2*1H/t8-,9-;;/m1../s1. The van der Waals surface area contributed by atoms with Gasteiger partial charge in [0.05, 0.1) is 6.04 Å². The van der Waals surface area contributed by atoms with Crippen molar-refractivity contribution in [3.63, 3.8) is 0 Å². The third-order valence-corrected chi connectivity index (χ3v) is 4.02. The Kier molecular flexibility index (Phi) is 6.77. The summed E-state index contributed by atoms with van der Waals surface area (Å²) in [5.41, 5.74) is 5.84. The first-order valence-electron chi connectivity index (χ1n) is 7.20. The summed E-state index contributed by atoms with van der Waals surface area (Å²) in [6.45, 7) is 4.64. The number of rotatable bonds is 3. The molecule has 2 atom stereocenters. The van der Waals surface area contributed by atoms with E-state index in [4.69, 9.17) is 10.5 Å². The molecule has 0 amide bonds. The lowest BCUT2D eigenvalue weighted by Crippen LogP contribution is -2.34. The van der Waals surface area contributed by atoms with Gasteiger partial charge in [0.15, 0.2) is 11.6 Å². The average Bonchev–Trinajstić information content (AvgIpc) is 2.94. The van der Waals surface area contributed by atoms with Crippen LogP contribution in [0.1, 0.15) is 19.8 Å². The summed E-state index contributed by atoms with van der Waals surface area (Å²) < 4.78 is 5.89. The second-order valence-electron chi connectivity index (χ2n) is 5.36. The molecule has 0 radical (unpaired) electrons. The smallest absolute Gasteiger partial charge is 0.224 e. The molecule has 1 saturated heterocycles. The van der Waals surface area contributed by atoms with Gasteiger partial charge in [0.2, 0.25) is 11.7 Å². The second kappa shape index (κ2) is 7.89. The molecule has 4 N–H and O–H groups in total. The van der Waals surface area contributed by atoms with Gasteiger partial charge in [-0.15, -0.1) is 24.8 Å². The zero-order valence-corrected chi connectivity index (χ0v) is 14.5. The highest BCUT2D eigenvalue weighted by atomic mass is 35.5. The van der Waals surface area contributed by atoms with Crippen molar-refractivity contribution in [2.45, 2.75) is 31.8 Å². The van der Waals surface area contributed by atoms with Crippen LogP contribution in [0.15, 0.2) is 0 Å². The molecule has 0 bridgehead atoms. The van der Waals surface area contributed by atoms with E-state index < -0.39 is 0 Å². The van der Waals surface area contributed by atoms with Gasteiger partial charge in [-0.3, -0.25) is 0 Å². The van der Waals surface area contributed by atoms with E-state index in [1.807, 2.05) is 7.05 Å². The number of fused-ring (bicyclic) bond motifs is 1. The van der Waals surface area contributed by atoms with E-state index in [2.05, 4.69) is 32.4 Å². The quantitative estimate of drug-likeness (QED) is 0.756. The van der Waals surface area contributed by atoms with Crippen molar-refractivity contribution in [1.29, 1.82) is 0 Å². The molecule has 3 rings (SSSR count). The van der Waals surface area contributed by atoms with Crippen LogP contribution < -0.4 is 26.0 Å². The molecule has 126 valence electrons. The van der Waals surface area contributed by atoms with Crippen LogP contribution in [-0.4, -0.2) is 48.8 Å². The van der Waals surface area contributed by atoms with Crippen LogP contribution in [-0.2, 0) is 0 Å². The lowest BCUT2D eigenvalue weighted by molar-refractivity contribution is 0.279. The van der Waals surface area contributed by atoms with Gasteiger partial charge in [-0.1, -0.05) is 6.92 Å². The highest BCUT2D eigenvalue weighted by molar-refractivity contribution is 5.85. The summed E-state index contributed by atoms with van der Waals surface area (Å²) >= 11 is 0. The van der Waals surface area contributed by atoms with Crippen molar-refractivity contribution >= 4 is 42.4 Å². The number of ether oxygens (including phenoxy) is 1. The third-order valence-electron chi connectivity index (χ3n) is 4.02. The van der Waals surface area contributed by atoms with Crippen LogP contribution in [0.2, 0.25) is 0 Å². The van der Waals surface area contributed by atoms with E-state index in [1.165, 1.54) is 0 Å². The molecule has 2 aliphatic heterocycles. The summed E-state index contributed by atoms with van der Waals surface area (Å²) in [6, 6.07) is 0.773. The minimum Gasteiger partial charge on any atom is -0.484 e. The number of hydrogen-bond acceptors (Lipinski definition) is 7. The van der Waals surface area contributed by atoms with E-state index in [0.29, 0.717) is 18.6 Å². The van der Waals surface area contributed by atoms with E-state index in [9.17, 15) is 0 Å². The Morgan fingerprint density at radius 2 is 2.18 bits per heavy atom. The van der Waals surface area contributed by atoms with Crippen LogP contribution in [0.5, 0.6) is 5.75 Å². The fraction of sp³-hybridized carbons (Fsp3) is 0.692. The van der Waals surface area contributed by atoms with Crippen molar-refractivity contribution in [1.82, 2.24) is 15.3 Å². The topological polar surface area (TPSA) is 88.3 Å². The number of likely N-dealkylation sites (N-methyl/N-ethyl adjacent to an activating group) is 1. The molecule has 0 spiro atoms. The second-order valence-corrected chi connectivity index (χ2v) is 5.36. The molecule has 1 aromatic rings. The summed E-state index contributed by atoms with van der Waals surface area (Å²) in [5, 5.41) is 6.68. The minimum atomic E-state index is 0. The maximum Gasteiger partial charge on any atom is 0.224 e. The van der Waals surface area contributed by atoms with Crippen molar-refractivity contribution < 1.29 is 4.74 Å². The third kappa shape index (κ3) is 3.59. The Hall–Kier alpha value is -1.18. The van der Waals surface area contributed by atoms with Gasteiger partial charge < -0.3 is 26.0 Å². The predicted molar refractivity (Wildman–Crippen MR) is 93.8 cm³/mol. The molecule has 9 heteroatoms. The Morgan fingerprint density at radius 3 is 2.82 bits per heavy atom. The number of nitrogens with one attached hydrogen (secondary N) is 2. The number of aromatic nitrogens is 2. The van der Waals surface area contributed by atoms with Crippen LogP contribution in [0.4, 0.5) is 17.6 Å². The number of nitrogens with zero attached hydrogens (tertiary/aromatic N) is 3. The number of halogens is 2. The molecule has 0 unspecified atom stereocenters. The van der Waals surface area contributed by atoms with Crippen LogP contribution in [0.25, 0.3) is 0 Å². The van der Waals surface area contributed by atoms with E-state index >= 15 is 0 Å². The van der Waals surface area contributed by atoms with Gasteiger partial charge in [-0.25, -0.2) is 0 Å². The SMILES string of the molecule is CC[C@@H]1COc2c(nc(N)nc2N2CC[C@@H](NC)C2)N1.Cl.Cl. The molecule has 22 heavy (non-hydrogen) atoms. The zero-order chi connectivity index (χ0) is 14.1. The van der Waals surface area contributed by atoms with Gasteiger partial charge in [-0.05, 0) is 19.9 Å². The predicted octanol–water partition coefficient (Wildman–Crippen LogP) is 1.28. The molecule has 2 aliphatic rings. The van der Waals surface area contributed by atoms with Gasteiger partial charge in [0.1, 0.15) is 6.61 Å². The minimum absolute atomic E-state index is 0. The Bertz CT molecular complexity index is 504. The van der Waals surface area contributed by atoms with E-state index in [-0.39, 0.29) is 30.9 Å². The van der Waals surface area contributed by atoms with Gasteiger partial charge in [-0.2, -0.15) is 9.97 Å². The number of nitrogen functional groups attached to an aromatic ring is 1. The van der Waals surface area contributed by atoms with Crippen LogP contribution >= 0.6 is 24.8 Å². The average molecular weight is 351 g/mol. The molecule has 7 nitrogen and oxygen atoms in total. The van der Waals surface area contributed by atoms with Gasteiger partial charge in [0.25, 0.3) is 0 Å². The van der Waals surface area contributed by atoms with Crippen LogP contribution in [0.3, 0.4) is 0 Å². The van der Waals surface area contributed by atoms with Crippen molar-refractivity contribution in [3.05, 3.63) is 0 Å². The van der Waals surface area contributed by atoms with Crippen molar-refractivity contribution in [3.8, 4) is 5.75 Å². The molecule has 1 aromatic heterocycles. The molecule has 0 aliphatic carbocycles. The Morgan fingerprint density at radius 1 is 1.41 bits per heavy atom. The van der Waals surface area contributed by atoms with E-state index in [1.54, 1.807) is 0 Å². The fourth-order valence-corrected chi connectivity index (χ4v) is 2.73. The first kappa shape index (κ1) is 18.9. The van der Waals surface area contributed by atoms with Gasteiger partial charge >= 0.3 is 0 Å². The Labute approximate surface area is 143 Å². The highest BCUT2D eigenvalue weighted by Crippen LogP contribution is 2.38. The largest absolute Gasteiger partial charge is 0.484 e. The summed E-state index contributed by atoms with van der Waals surface area (Å²) in [6.07, 6.45) is 2.09. The molecular formula is C13H24Cl2N6O.